The fourth-order valence-corrected chi connectivity index (χ4v) is 1.51. The van der Waals surface area contributed by atoms with E-state index < -0.39 is 0 Å². The zero-order chi connectivity index (χ0) is 12.1. The van der Waals surface area contributed by atoms with Gasteiger partial charge in [-0.05, 0) is 17.7 Å². The lowest BCUT2D eigenvalue weighted by Crippen LogP contribution is -2.25. The van der Waals surface area contributed by atoms with Crippen LogP contribution in [0.4, 0.5) is 0 Å². The van der Waals surface area contributed by atoms with Gasteiger partial charge in [0.1, 0.15) is 0 Å². The third-order valence-corrected chi connectivity index (χ3v) is 2.16. The van der Waals surface area contributed by atoms with E-state index in [0.29, 0.717) is 23.8 Å². The summed E-state index contributed by atoms with van der Waals surface area (Å²) in [5, 5.41) is 1.58. The molecule has 5 nitrogen and oxygen atoms in total. The molecule has 90 valence electrons. The van der Waals surface area contributed by atoms with Crippen molar-refractivity contribution in [1.29, 1.82) is 0 Å². The van der Waals surface area contributed by atoms with E-state index in [2.05, 4.69) is 0 Å². The van der Waals surface area contributed by atoms with Crippen molar-refractivity contribution in [2.24, 2.45) is 5.84 Å². The van der Waals surface area contributed by atoms with Gasteiger partial charge >= 0.3 is 0 Å². The van der Waals surface area contributed by atoms with Gasteiger partial charge < -0.3 is 14.2 Å². The Hall–Kier alpha value is -1.46. The number of hydrogen-bond acceptors (Lipinski definition) is 5. The molecule has 0 radical (unpaired) electrons. The van der Waals surface area contributed by atoms with Gasteiger partial charge in [-0.25, -0.2) is 5.01 Å². The second-order valence-corrected chi connectivity index (χ2v) is 3.45. The normalized spacial score (nSPS) is 10.4. The molecule has 0 fully saturated rings. The van der Waals surface area contributed by atoms with Crippen molar-refractivity contribution in [1.82, 2.24) is 5.01 Å². The number of hydrazine groups is 1. The highest BCUT2D eigenvalue weighted by atomic mass is 16.5. The molecular formula is C11H18N2O3. The molecule has 0 atom stereocenters. The summed E-state index contributed by atoms with van der Waals surface area (Å²) in [4.78, 5) is 0. The highest BCUT2D eigenvalue weighted by molar-refractivity contribution is 5.53. The van der Waals surface area contributed by atoms with Crippen LogP contribution in [0.15, 0.2) is 12.1 Å². The molecule has 0 saturated carbocycles. The maximum Gasteiger partial charge on any atom is 0.203 e. The highest BCUT2D eigenvalue weighted by Gasteiger charge is 2.13. The third-order valence-electron chi connectivity index (χ3n) is 2.16. The molecule has 0 unspecified atom stereocenters. The molecule has 1 aromatic rings. The van der Waals surface area contributed by atoms with Crippen LogP contribution in [0.2, 0.25) is 0 Å². The predicted molar refractivity (Wildman–Crippen MR) is 61.8 cm³/mol. The van der Waals surface area contributed by atoms with Crippen LogP contribution in [-0.4, -0.2) is 33.4 Å². The van der Waals surface area contributed by atoms with E-state index in [1.807, 2.05) is 12.1 Å². The Morgan fingerprint density at radius 2 is 1.56 bits per heavy atom. The van der Waals surface area contributed by atoms with Gasteiger partial charge in [-0.15, -0.1) is 0 Å². The molecule has 0 amide bonds. The van der Waals surface area contributed by atoms with Crippen LogP contribution in [0.3, 0.4) is 0 Å². The number of nitrogens with zero attached hydrogens (tertiary/aromatic N) is 1. The maximum absolute atomic E-state index is 5.60. The zero-order valence-electron chi connectivity index (χ0n) is 10.1. The SMILES string of the molecule is COc1cc(CN(C)N)cc(OC)c1OC. The molecule has 0 aliphatic rings. The summed E-state index contributed by atoms with van der Waals surface area (Å²) < 4.78 is 15.7. The number of nitrogens with two attached hydrogens (primary N) is 1. The average Bonchev–Trinajstić information content (AvgIpc) is 2.26. The quantitative estimate of drug-likeness (QED) is 0.600. The Morgan fingerprint density at radius 1 is 1.06 bits per heavy atom. The molecule has 0 spiro atoms. The van der Waals surface area contributed by atoms with Gasteiger partial charge in [-0.2, -0.15) is 0 Å². The van der Waals surface area contributed by atoms with E-state index in [9.17, 15) is 0 Å². The van der Waals surface area contributed by atoms with Gasteiger partial charge in [-0.1, -0.05) is 0 Å². The Morgan fingerprint density at radius 3 is 1.88 bits per heavy atom. The molecule has 5 heteroatoms. The summed E-state index contributed by atoms with van der Waals surface area (Å²) in [5.74, 6) is 7.46. The molecule has 0 aromatic heterocycles. The molecule has 0 bridgehead atoms. The first-order chi connectivity index (χ1) is 7.62. The number of rotatable bonds is 5. The molecule has 16 heavy (non-hydrogen) atoms. The first-order valence-corrected chi connectivity index (χ1v) is 4.87. The first kappa shape index (κ1) is 12.6. The zero-order valence-corrected chi connectivity index (χ0v) is 10.1. The van der Waals surface area contributed by atoms with Crippen LogP contribution in [0, 0.1) is 0 Å². The van der Waals surface area contributed by atoms with Crippen molar-refractivity contribution in [2.45, 2.75) is 6.54 Å². The summed E-state index contributed by atoms with van der Waals surface area (Å²) in [5.41, 5.74) is 1.000. The van der Waals surface area contributed by atoms with Crippen molar-refractivity contribution in [3.8, 4) is 17.2 Å². The molecule has 0 saturated heterocycles. The Labute approximate surface area is 95.7 Å². The molecule has 1 aromatic carbocycles. The van der Waals surface area contributed by atoms with Crippen molar-refractivity contribution >= 4 is 0 Å². The van der Waals surface area contributed by atoms with Gasteiger partial charge in [0.05, 0.1) is 21.3 Å². The topological polar surface area (TPSA) is 57.0 Å². The second-order valence-electron chi connectivity index (χ2n) is 3.45. The first-order valence-electron chi connectivity index (χ1n) is 4.87. The molecule has 1 rings (SSSR count). The lowest BCUT2D eigenvalue weighted by molar-refractivity contribution is 0.317. The van der Waals surface area contributed by atoms with E-state index in [0.717, 1.165) is 5.56 Å². The van der Waals surface area contributed by atoms with Crippen molar-refractivity contribution < 1.29 is 14.2 Å². The van der Waals surface area contributed by atoms with Crippen LogP contribution in [0.1, 0.15) is 5.56 Å². The lowest BCUT2D eigenvalue weighted by atomic mass is 10.2. The van der Waals surface area contributed by atoms with Crippen LogP contribution in [0.25, 0.3) is 0 Å². The maximum atomic E-state index is 5.60. The third kappa shape index (κ3) is 2.77. The highest BCUT2D eigenvalue weighted by Crippen LogP contribution is 2.38. The van der Waals surface area contributed by atoms with Crippen molar-refractivity contribution in [2.75, 3.05) is 28.4 Å². The van der Waals surface area contributed by atoms with Crippen LogP contribution in [0.5, 0.6) is 17.2 Å². The van der Waals surface area contributed by atoms with E-state index in [4.69, 9.17) is 20.1 Å². The average molecular weight is 226 g/mol. The lowest BCUT2D eigenvalue weighted by Gasteiger charge is -2.15. The molecule has 0 aliphatic heterocycles. The van der Waals surface area contributed by atoms with Crippen LogP contribution < -0.4 is 20.1 Å². The Bertz CT molecular complexity index is 328. The summed E-state index contributed by atoms with van der Waals surface area (Å²) in [6.45, 7) is 0.608. The predicted octanol–water partition coefficient (Wildman–Crippen LogP) is 1.02. The minimum atomic E-state index is 0.591. The number of methoxy groups -OCH3 is 3. The van der Waals surface area contributed by atoms with Crippen LogP contribution >= 0.6 is 0 Å². The summed E-state index contributed by atoms with van der Waals surface area (Å²) in [7, 11) is 6.55. The Balaban J connectivity index is 3.15. The summed E-state index contributed by atoms with van der Waals surface area (Å²) in [6, 6.07) is 3.76. The van der Waals surface area contributed by atoms with E-state index in [-0.39, 0.29) is 0 Å². The molecule has 0 heterocycles. The van der Waals surface area contributed by atoms with Gasteiger partial charge in [-0.3, -0.25) is 5.84 Å². The van der Waals surface area contributed by atoms with Gasteiger partial charge in [0.15, 0.2) is 11.5 Å². The van der Waals surface area contributed by atoms with Gasteiger partial charge in [0, 0.05) is 13.6 Å². The standard InChI is InChI=1S/C11H18N2O3/c1-13(12)7-8-5-9(14-2)11(16-4)10(6-8)15-3/h5-6H,7,12H2,1-4H3. The van der Waals surface area contributed by atoms with Crippen LogP contribution in [-0.2, 0) is 6.54 Å². The monoisotopic (exact) mass is 226 g/mol. The smallest absolute Gasteiger partial charge is 0.203 e. The number of benzene rings is 1. The number of hydrogen-bond donors (Lipinski definition) is 1. The molecule has 2 N–H and O–H groups in total. The second kappa shape index (κ2) is 5.58. The van der Waals surface area contributed by atoms with E-state index >= 15 is 0 Å². The van der Waals surface area contributed by atoms with E-state index in [1.165, 1.54) is 0 Å². The van der Waals surface area contributed by atoms with Crippen molar-refractivity contribution in [3.63, 3.8) is 0 Å². The fourth-order valence-electron chi connectivity index (χ4n) is 1.51. The largest absolute Gasteiger partial charge is 0.493 e. The van der Waals surface area contributed by atoms with Gasteiger partial charge in [0.25, 0.3) is 0 Å². The minimum Gasteiger partial charge on any atom is -0.493 e. The fraction of sp³-hybridized carbons (Fsp3) is 0.455. The number of ether oxygens (including phenoxy) is 3. The molecule has 0 aliphatic carbocycles. The van der Waals surface area contributed by atoms with Gasteiger partial charge in [0.2, 0.25) is 5.75 Å². The van der Waals surface area contributed by atoms with Crippen molar-refractivity contribution in [3.05, 3.63) is 17.7 Å². The summed E-state index contributed by atoms with van der Waals surface area (Å²) >= 11 is 0. The minimum absolute atomic E-state index is 0.591. The molecular weight excluding hydrogens is 208 g/mol. The Kier molecular flexibility index (Phi) is 4.39. The van der Waals surface area contributed by atoms with E-state index in [1.54, 1.807) is 33.4 Å². The summed E-state index contributed by atoms with van der Waals surface area (Å²) in [6.07, 6.45) is 0.